The first kappa shape index (κ1) is 23.9. The van der Waals surface area contributed by atoms with Crippen LogP contribution in [0.15, 0.2) is 198 Å². The summed E-state index contributed by atoms with van der Waals surface area (Å²) in [6.45, 7) is 0. The van der Waals surface area contributed by atoms with E-state index >= 15 is 0 Å². The molecule has 0 unspecified atom stereocenters. The summed E-state index contributed by atoms with van der Waals surface area (Å²) in [5, 5.41) is 2.39. The first-order valence-corrected chi connectivity index (χ1v) is 18.0. The van der Waals surface area contributed by atoms with E-state index in [9.17, 15) is 0 Å². The van der Waals surface area contributed by atoms with Gasteiger partial charge in [0.1, 0.15) is 11.2 Å². The number of para-hydroxylation sites is 2. The summed E-state index contributed by atoms with van der Waals surface area (Å²) in [4.78, 5) is 15.0. The van der Waals surface area contributed by atoms with Crippen molar-refractivity contribution in [2.45, 2.75) is 0 Å². The predicted octanol–water partition coefficient (Wildman–Crippen LogP) is 13.2. The summed E-state index contributed by atoms with van der Waals surface area (Å²) in [5.74, 6) is 1.50. The van der Waals surface area contributed by atoms with Crippen molar-refractivity contribution in [2.24, 2.45) is 0 Å². The molecule has 0 amide bonds. The van der Waals surface area contributed by atoms with Gasteiger partial charge in [0.15, 0.2) is 17.5 Å². The number of aromatic nitrogens is 4. The Balaban J connectivity index is 1.05. The second-order valence-corrected chi connectivity index (χ2v) is 13.3. The zero-order chi connectivity index (χ0) is 44.8. The third-order valence-corrected chi connectivity index (χ3v) is 10.1. The van der Waals surface area contributed by atoms with Gasteiger partial charge < -0.3 is 8.98 Å². The van der Waals surface area contributed by atoms with Crippen LogP contribution in [-0.4, -0.2) is 19.5 Å². The Morgan fingerprint density at radius 2 is 1.05 bits per heavy atom. The number of benzene rings is 8. The maximum absolute atomic E-state index is 9.14. The quantitative estimate of drug-likeness (QED) is 0.171. The van der Waals surface area contributed by atoms with Gasteiger partial charge in [0.25, 0.3) is 0 Å². The van der Waals surface area contributed by atoms with Crippen LogP contribution in [0.4, 0.5) is 0 Å². The van der Waals surface area contributed by atoms with Crippen molar-refractivity contribution in [3.05, 3.63) is 194 Å². The molecule has 8 aromatic carbocycles. The van der Waals surface area contributed by atoms with E-state index in [1.807, 2.05) is 121 Å². The molecule has 0 atom stereocenters. The van der Waals surface area contributed by atoms with E-state index in [0.29, 0.717) is 34.1 Å². The Kier molecular flexibility index (Phi) is 5.57. The highest BCUT2D eigenvalue weighted by Gasteiger charge is 2.19. The second-order valence-electron chi connectivity index (χ2n) is 13.3. The van der Waals surface area contributed by atoms with E-state index in [4.69, 9.17) is 31.7 Å². The predicted molar refractivity (Wildman–Crippen MR) is 229 cm³/mol. The summed E-state index contributed by atoms with van der Waals surface area (Å²) in [7, 11) is 0. The van der Waals surface area contributed by atoms with Gasteiger partial charge in [-0.3, -0.25) is 0 Å². The van der Waals surface area contributed by atoms with Crippen molar-refractivity contribution >= 4 is 43.7 Å². The van der Waals surface area contributed by atoms with Crippen LogP contribution >= 0.6 is 0 Å². The van der Waals surface area contributed by atoms with Crippen LogP contribution in [0.3, 0.4) is 0 Å². The Morgan fingerprint density at radius 1 is 0.411 bits per heavy atom. The third kappa shape index (κ3) is 5.29. The molecule has 0 bridgehead atoms. The van der Waals surface area contributed by atoms with Crippen molar-refractivity contribution in [2.75, 3.05) is 0 Å². The lowest BCUT2D eigenvalue weighted by molar-refractivity contribution is 0.669. The minimum atomic E-state index is -0.530. The topological polar surface area (TPSA) is 56.7 Å². The number of hydrogen-bond acceptors (Lipinski definition) is 4. The molecule has 5 nitrogen and oxygen atoms in total. The molecule has 0 saturated carbocycles. The summed E-state index contributed by atoms with van der Waals surface area (Å²) in [5.41, 5.74) is 7.03. The summed E-state index contributed by atoms with van der Waals surface area (Å²) in [6, 6.07) is 40.2. The van der Waals surface area contributed by atoms with Crippen molar-refractivity contribution in [1.82, 2.24) is 19.5 Å². The average molecular weight is 726 g/mol. The van der Waals surface area contributed by atoms with Crippen LogP contribution in [0, 0.1) is 0 Å². The van der Waals surface area contributed by atoms with Gasteiger partial charge >= 0.3 is 0 Å². The number of hydrogen-bond donors (Lipinski definition) is 0. The fourth-order valence-electron chi connectivity index (χ4n) is 7.56. The Bertz CT molecular complexity index is 3750. The van der Waals surface area contributed by atoms with Gasteiger partial charge in [-0.1, -0.05) is 158 Å². The molecule has 0 aliphatic carbocycles. The smallest absolute Gasteiger partial charge is 0.164 e. The zero-order valence-electron chi connectivity index (χ0n) is 38.5. The van der Waals surface area contributed by atoms with Crippen molar-refractivity contribution in [3.8, 4) is 62.1 Å². The number of furan rings is 1. The summed E-state index contributed by atoms with van der Waals surface area (Å²) >= 11 is 0. The van der Waals surface area contributed by atoms with Gasteiger partial charge in [-0.05, 0) is 58.6 Å². The molecule has 0 radical (unpaired) electrons. The Morgan fingerprint density at radius 3 is 1.91 bits per heavy atom. The molecule has 5 heteroatoms. The lowest BCUT2D eigenvalue weighted by Crippen LogP contribution is -2.00. The van der Waals surface area contributed by atoms with Gasteiger partial charge in [-0.15, -0.1) is 0 Å². The maximum atomic E-state index is 9.14. The second kappa shape index (κ2) is 13.0. The lowest BCUT2D eigenvalue weighted by Gasteiger charge is -2.12. The van der Waals surface area contributed by atoms with Gasteiger partial charge in [-0.25, -0.2) is 15.0 Å². The monoisotopic (exact) mass is 725 g/mol. The first-order valence-electron chi connectivity index (χ1n) is 22.5. The van der Waals surface area contributed by atoms with E-state index in [1.165, 1.54) is 0 Å². The summed E-state index contributed by atoms with van der Waals surface area (Å²) in [6.07, 6.45) is 0. The summed E-state index contributed by atoms with van der Waals surface area (Å²) < 4.78 is 86.0. The highest BCUT2D eigenvalue weighted by Crippen LogP contribution is 2.40. The van der Waals surface area contributed by atoms with Gasteiger partial charge in [0.05, 0.1) is 23.4 Å². The van der Waals surface area contributed by atoms with E-state index in [1.54, 1.807) is 22.8 Å². The van der Waals surface area contributed by atoms with Gasteiger partial charge in [0, 0.05) is 43.9 Å². The van der Waals surface area contributed by atoms with Gasteiger partial charge in [0.2, 0.25) is 0 Å². The molecule has 0 N–H and O–H groups in total. The SMILES string of the molecule is [2H]c1c([2H])c([2H])c(-c2cccc3c2c2c([2H])c([2H])c([2H])c([2H])c2n3-c2cccc(-c3ccc(-c4nc(-c5ccccc5)nc(-c5cccc6oc7ccccc7c56)n4)cc3)c2)c([2H])c1[2H]. The molecule has 0 aliphatic heterocycles. The highest BCUT2D eigenvalue weighted by molar-refractivity contribution is 6.16. The van der Waals surface area contributed by atoms with Crippen LogP contribution in [0.25, 0.3) is 106 Å². The molecule has 3 aromatic heterocycles. The molecule has 3 heterocycles. The minimum absolute atomic E-state index is 0.0601. The highest BCUT2D eigenvalue weighted by atomic mass is 16.3. The molecule has 11 aromatic rings. The van der Waals surface area contributed by atoms with E-state index < -0.39 is 42.3 Å². The van der Waals surface area contributed by atoms with Crippen molar-refractivity contribution in [3.63, 3.8) is 0 Å². The van der Waals surface area contributed by atoms with E-state index in [0.717, 1.165) is 49.8 Å². The standard InChI is InChI=1S/C51H32N4O/c1-3-14-34(15-4-1)39-22-12-25-44-47(39)40-20-7-9-24-43(40)55(44)38-19-11-18-37(32-38)33-28-30-36(31-29-33)50-52-49(35-16-5-2-6-17-35)53-51(54-50)42-23-13-27-46-48(42)41-21-8-10-26-45(41)56-46/h1-32H/i1D,3D,4D,7D,9D,14D,15D,20D,24D. The minimum Gasteiger partial charge on any atom is -0.456 e. The Labute approximate surface area is 335 Å². The maximum Gasteiger partial charge on any atom is 0.164 e. The normalized spacial score (nSPS) is 13.8. The zero-order valence-corrected chi connectivity index (χ0v) is 29.5. The molecule has 0 spiro atoms. The molecule has 56 heavy (non-hydrogen) atoms. The molecule has 0 saturated heterocycles. The lowest BCUT2D eigenvalue weighted by atomic mass is 9.99. The van der Waals surface area contributed by atoms with Crippen LogP contribution in [0.5, 0.6) is 0 Å². The van der Waals surface area contributed by atoms with Crippen LogP contribution < -0.4 is 0 Å². The fourth-order valence-corrected chi connectivity index (χ4v) is 7.56. The average Bonchev–Trinajstić information content (AvgIpc) is 3.91. The molecular weight excluding hydrogens is 685 g/mol. The molecule has 11 rings (SSSR count). The van der Waals surface area contributed by atoms with E-state index in [2.05, 4.69) is 0 Å². The number of fused-ring (bicyclic) bond motifs is 6. The molecule has 0 aliphatic rings. The first-order chi connectivity index (χ1) is 31.5. The molecule has 0 fully saturated rings. The van der Waals surface area contributed by atoms with Crippen molar-refractivity contribution in [1.29, 1.82) is 0 Å². The van der Waals surface area contributed by atoms with Crippen LogP contribution in [0.1, 0.15) is 12.3 Å². The number of nitrogens with zero attached hydrogens (tertiary/aromatic N) is 4. The fraction of sp³-hybridized carbons (Fsp3) is 0. The third-order valence-electron chi connectivity index (χ3n) is 10.1. The largest absolute Gasteiger partial charge is 0.456 e. The van der Waals surface area contributed by atoms with Gasteiger partial charge in [-0.2, -0.15) is 0 Å². The number of rotatable bonds is 6. The Hall–Kier alpha value is -7.63. The van der Waals surface area contributed by atoms with E-state index in [-0.39, 0.29) is 34.1 Å². The van der Waals surface area contributed by atoms with Crippen LogP contribution in [-0.2, 0) is 0 Å². The van der Waals surface area contributed by atoms with Crippen molar-refractivity contribution < 1.29 is 16.8 Å². The molecule has 262 valence electrons. The van der Waals surface area contributed by atoms with Crippen LogP contribution in [0.2, 0.25) is 0 Å². The molecular formula is C51H32N4O.